The molecule has 1 aliphatic rings. The van der Waals surface area contributed by atoms with E-state index in [0.717, 1.165) is 6.42 Å². The zero-order chi connectivity index (χ0) is 13.7. The summed E-state index contributed by atoms with van der Waals surface area (Å²) in [6.07, 6.45) is 0.871. The Morgan fingerprint density at radius 2 is 2.16 bits per heavy atom. The largest absolute Gasteiger partial charge is 0.484 e. The molecule has 102 valence electrons. The number of nitrogens with one attached hydrogen (secondary N) is 2. The normalized spacial score (nSPS) is 22.5. The first-order chi connectivity index (χ1) is 9.16. The van der Waals surface area contributed by atoms with Gasteiger partial charge >= 0.3 is 0 Å². The van der Waals surface area contributed by atoms with Crippen LogP contribution in [-0.4, -0.2) is 31.0 Å². The van der Waals surface area contributed by atoms with Crippen LogP contribution >= 0.6 is 0 Å². The lowest BCUT2D eigenvalue weighted by molar-refractivity contribution is -0.132. The second-order valence-electron chi connectivity index (χ2n) is 4.70. The van der Waals surface area contributed by atoms with Crippen molar-refractivity contribution in [3.8, 4) is 5.75 Å². The molecule has 0 aliphatic carbocycles. The molecule has 2 amide bonds. The number of carbonyl (C=O) groups is 2. The maximum atomic E-state index is 11.8. The molecule has 5 heteroatoms. The lowest BCUT2D eigenvalue weighted by Gasteiger charge is -2.28. The molecule has 2 atom stereocenters. The number of amides is 2. The minimum absolute atomic E-state index is 0.0828. The van der Waals surface area contributed by atoms with Gasteiger partial charge in [-0.3, -0.25) is 9.59 Å². The maximum absolute atomic E-state index is 11.8. The summed E-state index contributed by atoms with van der Waals surface area (Å²) in [7, 11) is 0. The summed E-state index contributed by atoms with van der Waals surface area (Å²) in [4.78, 5) is 23.4. The molecule has 1 aliphatic heterocycles. The molecule has 1 fully saturated rings. The van der Waals surface area contributed by atoms with E-state index in [9.17, 15) is 9.59 Å². The van der Waals surface area contributed by atoms with Crippen LogP contribution < -0.4 is 15.4 Å². The van der Waals surface area contributed by atoms with Crippen LogP contribution in [0.15, 0.2) is 30.3 Å². The second kappa shape index (κ2) is 6.22. The molecule has 2 rings (SSSR count). The Morgan fingerprint density at radius 1 is 1.42 bits per heavy atom. The molecule has 1 aromatic carbocycles. The summed E-state index contributed by atoms with van der Waals surface area (Å²) in [5, 5.41) is 5.46. The van der Waals surface area contributed by atoms with E-state index >= 15 is 0 Å². The van der Waals surface area contributed by atoms with E-state index in [2.05, 4.69) is 10.6 Å². The van der Waals surface area contributed by atoms with Crippen LogP contribution in [0.2, 0.25) is 0 Å². The van der Waals surface area contributed by atoms with Crippen LogP contribution in [0.1, 0.15) is 13.3 Å². The fraction of sp³-hybridized carbons (Fsp3) is 0.429. The third kappa shape index (κ3) is 3.71. The van der Waals surface area contributed by atoms with Crippen LogP contribution in [0.25, 0.3) is 0 Å². The Morgan fingerprint density at radius 3 is 2.84 bits per heavy atom. The third-order valence-corrected chi connectivity index (χ3v) is 3.18. The van der Waals surface area contributed by atoms with Crippen LogP contribution in [-0.2, 0) is 9.59 Å². The fourth-order valence-corrected chi connectivity index (χ4v) is 2.05. The van der Waals surface area contributed by atoms with Gasteiger partial charge < -0.3 is 15.4 Å². The molecular formula is C14H18N2O3. The van der Waals surface area contributed by atoms with Gasteiger partial charge in [-0.15, -0.1) is 0 Å². The van der Waals surface area contributed by atoms with Crippen molar-refractivity contribution in [1.29, 1.82) is 0 Å². The number of carbonyl (C=O) groups excluding carboxylic acids is 2. The summed E-state index contributed by atoms with van der Waals surface area (Å²) < 4.78 is 5.34. The molecule has 0 spiro atoms. The summed E-state index contributed by atoms with van der Waals surface area (Å²) in [6.45, 7) is 2.55. The molecule has 1 saturated heterocycles. The third-order valence-electron chi connectivity index (χ3n) is 3.18. The first-order valence-electron chi connectivity index (χ1n) is 6.42. The highest BCUT2D eigenvalue weighted by molar-refractivity contribution is 5.88. The van der Waals surface area contributed by atoms with Crippen LogP contribution in [0.4, 0.5) is 0 Å². The zero-order valence-corrected chi connectivity index (χ0v) is 10.9. The highest BCUT2D eigenvalue weighted by atomic mass is 16.5. The molecule has 1 aromatic rings. The van der Waals surface area contributed by atoms with Gasteiger partial charge in [0.25, 0.3) is 5.91 Å². The first kappa shape index (κ1) is 13.4. The number of hydrogen-bond donors (Lipinski definition) is 2. The number of para-hydroxylation sites is 1. The minimum Gasteiger partial charge on any atom is -0.484 e. The predicted octanol–water partition coefficient (Wildman–Crippen LogP) is 0.706. The first-order valence-corrected chi connectivity index (χ1v) is 6.42. The van der Waals surface area contributed by atoms with Crippen molar-refractivity contribution in [3.05, 3.63) is 30.3 Å². The predicted molar refractivity (Wildman–Crippen MR) is 70.7 cm³/mol. The minimum atomic E-state index is -0.458. The van der Waals surface area contributed by atoms with Gasteiger partial charge in [-0.05, 0) is 24.5 Å². The maximum Gasteiger partial charge on any atom is 0.258 e. The van der Waals surface area contributed by atoms with Crippen molar-refractivity contribution >= 4 is 11.8 Å². The van der Waals surface area contributed by atoms with E-state index in [1.165, 1.54) is 0 Å². The Hall–Kier alpha value is -2.04. The lowest BCUT2D eigenvalue weighted by Crippen LogP contribution is -2.55. The molecule has 0 radical (unpaired) electrons. The number of rotatable bonds is 4. The van der Waals surface area contributed by atoms with E-state index in [4.69, 9.17) is 4.74 Å². The van der Waals surface area contributed by atoms with Gasteiger partial charge in [0.15, 0.2) is 6.61 Å². The van der Waals surface area contributed by atoms with Gasteiger partial charge in [-0.1, -0.05) is 25.1 Å². The summed E-state index contributed by atoms with van der Waals surface area (Å²) in [5.74, 6) is 0.387. The quantitative estimate of drug-likeness (QED) is 0.839. The summed E-state index contributed by atoms with van der Waals surface area (Å²) in [6, 6.07) is 8.65. The van der Waals surface area contributed by atoms with Crippen molar-refractivity contribution in [1.82, 2.24) is 10.6 Å². The SMILES string of the molecule is C[C@H]1CCNC(=O)[C@H]1NC(=O)COc1ccccc1. The number of hydrogen-bond acceptors (Lipinski definition) is 3. The van der Waals surface area contributed by atoms with E-state index in [-0.39, 0.29) is 24.3 Å². The molecule has 5 nitrogen and oxygen atoms in total. The highest BCUT2D eigenvalue weighted by Gasteiger charge is 2.29. The Bertz CT molecular complexity index is 447. The van der Waals surface area contributed by atoms with Crippen molar-refractivity contribution in [2.45, 2.75) is 19.4 Å². The van der Waals surface area contributed by atoms with Crippen LogP contribution in [0, 0.1) is 5.92 Å². The van der Waals surface area contributed by atoms with Gasteiger partial charge in [0.05, 0.1) is 0 Å². The van der Waals surface area contributed by atoms with Gasteiger partial charge in [0, 0.05) is 6.54 Å². The molecule has 19 heavy (non-hydrogen) atoms. The molecule has 1 heterocycles. The Balaban J connectivity index is 1.82. The van der Waals surface area contributed by atoms with Gasteiger partial charge in [-0.25, -0.2) is 0 Å². The van der Waals surface area contributed by atoms with E-state index in [1.807, 2.05) is 25.1 Å². The number of ether oxygens (including phenoxy) is 1. The smallest absolute Gasteiger partial charge is 0.258 e. The Kier molecular flexibility index (Phi) is 4.39. The Labute approximate surface area is 112 Å². The second-order valence-corrected chi connectivity index (χ2v) is 4.70. The van der Waals surface area contributed by atoms with E-state index in [1.54, 1.807) is 12.1 Å². The monoisotopic (exact) mass is 262 g/mol. The summed E-state index contributed by atoms with van der Waals surface area (Å²) in [5.41, 5.74) is 0. The zero-order valence-electron chi connectivity index (χ0n) is 10.9. The molecule has 0 bridgehead atoms. The fourth-order valence-electron chi connectivity index (χ4n) is 2.05. The standard InChI is InChI=1S/C14H18N2O3/c1-10-7-8-15-14(18)13(10)16-12(17)9-19-11-5-3-2-4-6-11/h2-6,10,13H,7-9H2,1H3,(H,15,18)(H,16,17)/t10-,13-/m0/s1. The number of benzene rings is 1. The molecule has 2 N–H and O–H groups in total. The van der Waals surface area contributed by atoms with Crippen molar-refractivity contribution in [2.24, 2.45) is 5.92 Å². The molecule has 0 saturated carbocycles. The van der Waals surface area contributed by atoms with Gasteiger partial charge in [0.1, 0.15) is 11.8 Å². The average molecular weight is 262 g/mol. The van der Waals surface area contributed by atoms with E-state index < -0.39 is 6.04 Å². The van der Waals surface area contributed by atoms with E-state index in [0.29, 0.717) is 12.3 Å². The highest BCUT2D eigenvalue weighted by Crippen LogP contribution is 2.12. The van der Waals surface area contributed by atoms with Crippen molar-refractivity contribution < 1.29 is 14.3 Å². The average Bonchev–Trinajstić information content (AvgIpc) is 2.42. The van der Waals surface area contributed by atoms with Crippen molar-refractivity contribution in [3.63, 3.8) is 0 Å². The van der Waals surface area contributed by atoms with Crippen LogP contribution in [0.3, 0.4) is 0 Å². The molecule has 0 aromatic heterocycles. The van der Waals surface area contributed by atoms with Gasteiger partial charge in [-0.2, -0.15) is 0 Å². The summed E-state index contributed by atoms with van der Waals surface area (Å²) >= 11 is 0. The molecular weight excluding hydrogens is 244 g/mol. The number of piperidine rings is 1. The lowest BCUT2D eigenvalue weighted by atomic mass is 9.94. The van der Waals surface area contributed by atoms with Crippen LogP contribution in [0.5, 0.6) is 5.75 Å². The molecule has 0 unspecified atom stereocenters. The van der Waals surface area contributed by atoms with Gasteiger partial charge in [0.2, 0.25) is 5.91 Å². The van der Waals surface area contributed by atoms with Crippen molar-refractivity contribution in [2.75, 3.05) is 13.2 Å². The topological polar surface area (TPSA) is 67.4 Å².